The molecular formula is C30H35FN2O5. The van der Waals surface area contributed by atoms with Crippen molar-refractivity contribution in [2.45, 2.75) is 52.5 Å². The molecule has 0 aromatic heterocycles. The maximum atomic E-state index is 13.6. The van der Waals surface area contributed by atoms with Gasteiger partial charge in [-0.3, -0.25) is 14.5 Å². The number of aliphatic carboxylic acids is 1. The Morgan fingerprint density at radius 3 is 2.21 bits per heavy atom. The summed E-state index contributed by atoms with van der Waals surface area (Å²) in [6.07, 6.45) is 3.59. The summed E-state index contributed by atoms with van der Waals surface area (Å²) in [6.45, 7) is 6.78. The van der Waals surface area contributed by atoms with Crippen LogP contribution in [0.3, 0.4) is 0 Å². The predicted octanol–water partition coefficient (Wildman–Crippen LogP) is 5.35. The zero-order valence-electron chi connectivity index (χ0n) is 22.0. The van der Waals surface area contributed by atoms with Gasteiger partial charge >= 0.3 is 5.97 Å². The molecule has 2 aliphatic heterocycles. The molecule has 0 unspecified atom stereocenters. The molecular weight excluding hydrogens is 487 g/mol. The molecule has 3 aliphatic rings. The first-order valence-corrected chi connectivity index (χ1v) is 13.6. The molecule has 38 heavy (non-hydrogen) atoms. The van der Waals surface area contributed by atoms with Crippen molar-refractivity contribution in [3.8, 4) is 22.6 Å². The van der Waals surface area contributed by atoms with Crippen molar-refractivity contribution < 1.29 is 28.6 Å². The average molecular weight is 523 g/mol. The molecule has 2 aromatic rings. The molecule has 0 atom stereocenters. The number of halogens is 1. The number of carboxylic acid groups (broad SMARTS) is 1. The molecule has 5 rings (SSSR count). The molecule has 2 aromatic carbocycles. The van der Waals surface area contributed by atoms with Crippen molar-refractivity contribution >= 4 is 17.6 Å². The first kappa shape index (κ1) is 26.4. The van der Waals surface area contributed by atoms with Crippen molar-refractivity contribution in [2.24, 2.45) is 22.2 Å². The normalized spacial score (nSPS) is 22.7. The Hall–Kier alpha value is -3.26. The summed E-state index contributed by atoms with van der Waals surface area (Å²) in [7, 11) is 0. The quantitative estimate of drug-likeness (QED) is 0.477. The second-order valence-corrected chi connectivity index (χ2v) is 10.7. The van der Waals surface area contributed by atoms with Crippen LogP contribution in [-0.4, -0.2) is 53.9 Å². The van der Waals surface area contributed by atoms with Crippen molar-refractivity contribution in [3.05, 3.63) is 47.8 Å². The highest BCUT2D eigenvalue weighted by atomic mass is 19.1. The van der Waals surface area contributed by atoms with Crippen LogP contribution >= 0.6 is 0 Å². The number of carbonyl (C=O) groups excluding carboxylic acids is 1. The first-order valence-electron chi connectivity index (χ1n) is 13.6. The number of carboxylic acids is 1. The number of hydrogen-bond donors (Lipinski definition) is 1. The summed E-state index contributed by atoms with van der Waals surface area (Å²) < 4.78 is 25.5. The van der Waals surface area contributed by atoms with E-state index < -0.39 is 11.4 Å². The lowest BCUT2D eigenvalue weighted by Crippen LogP contribution is -2.58. The maximum absolute atomic E-state index is 13.6. The lowest BCUT2D eigenvalue weighted by atomic mass is 9.72. The van der Waals surface area contributed by atoms with Gasteiger partial charge in [-0.2, -0.15) is 0 Å². The minimum absolute atomic E-state index is 0.0271. The van der Waals surface area contributed by atoms with Crippen molar-refractivity contribution in [3.63, 3.8) is 0 Å². The minimum Gasteiger partial charge on any atom is -0.493 e. The van der Waals surface area contributed by atoms with E-state index >= 15 is 0 Å². The summed E-state index contributed by atoms with van der Waals surface area (Å²) in [5.41, 5.74) is 3.18. The molecule has 202 valence electrons. The van der Waals surface area contributed by atoms with Gasteiger partial charge in [-0.05, 0) is 80.8 Å². The summed E-state index contributed by atoms with van der Waals surface area (Å²) in [5, 5.41) is 9.27. The molecule has 1 saturated carbocycles. The third-order valence-corrected chi connectivity index (χ3v) is 8.08. The summed E-state index contributed by atoms with van der Waals surface area (Å²) in [4.78, 5) is 30.9. The molecule has 7 nitrogen and oxygen atoms in total. The third kappa shape index (κ3) is 5.19. The molecule has 1 spiro atoms. The highest BCUT2D eigenvalue weighted by Crippen LogP contribution is 2.45. The van der Waals surface area contributed by atoms with Crippen LogP contribution in [0.15, 0.2) is 41.4 Å². The SMILES string of the molecule is CCOc1cc(CN2CC3(CC(C4CCC(C(=O)O)CC4)=NC3=O)C2)cc(OCC)c1-c1ccc(F)cc1. The first-order chi connectivity index (χ1) is 18.3. The van der Waals surface area contributed by atoms with Gasteiger partial charge in [0, 0.05) is 31.8 Å². The number of nitrogens with zero attached hydrogens (tertiary/aromatic N) is 2. The molecule has 0 bridgehead atoms. The van der Waals surface area contributed by atoms with Crippen LogP contribution in [0, 0.1) is 23.1 Å². The molecule has 1 N–H and O–H groups in total. The van der Waals surface area contributed by atoms with Gasteiger partial charge in [-0.1, -0.05) is 12.1 Å². The van der Waals surface area contributed by atoms with Crippen LogP contribution in [-0.2, 0) is 16.1 Å². The van der Waals surface area contributed by atoms with E-state index in [1.807, 2.05) is 26.0 Å². The molecule has 2 heterocycles. The standard InChI is InChI=1S/C30H35FN2O5/c1-3-37-25-13-19(14-26(38-4-2)27(25)21-9-11-23(31)12-10-21)16-33-17-30(18-33)15-24(32-29(30)36)20-5-7-22(8-6-20)28(34)35/h9-14,20,22H,3-8,15-18H2,1-2H3,(H,34,35). The van der Waals surface area contributed by atoms with E-state index in [2.05, 4.69) is 9.89 Å². The minimum atomic E-state index is -0.718. The summed E-state index contributed by atoms with van der Waals surface area (Å²) in [5.74, 6) is 0.295. The zero-order valence-corrected chi connectivity index (χ0v) is 22.0. The Morgan fingerprint density at radius 2 is 1.66 bits per heavy atom. The lowest BCUT2D eigenvalue weighted by Gasteiger charge is -2.46. The fourth-order valence-electron chi connectivity index (χ4n) is 6.22. The fourth-order valence-corrected chi connectivity index (χ4v) is 6.22. The van der Waals surface area contributed by atoms with Crippen molar-refractivity contribution in [1.29, 1.82) is 0 Å². The van der Waals surface area contributed by atoms with E-state index in [1.54, 1.807) is 12.1 Å². The number of hydrogen-bond acceptors (Lipinski definition) is 5. The van der Waals surface area contributed by atoms with Crippen LogP contribution in [0.5, 0.6) is 11.5 Å². The highest BCUT2D eigenvalue weighted by Gasteiger charge is 2.53. The number of benzene rings is 2. The number of amides is 1. The topological polar surface area (TPSA) is 88.4 Å². The molecule has 8 heteroatoms. The van der Waals surface area contributed by atoms with Crippen molar-refractivity contribution in [2.75, 3.05) is 26.3 Å². The highest BCUT2D eigenvalue weighted by molar-refractivity contribution is 6.07. The van der Waals surface area contributed by atoms with Crippen LogP contribution in [0.25, 0.3) is 11.1 Å². The van der Waals surface area contributed by atoms with Crippen LogP contribution in [0.4, 0.5) is 4.39 Å². The molecule has 0 radical (unpaired) electrons. The van der Waals surface area contributed by atoms with Gasteiger partial charge in [0.1, 0.15) is 17.3 Å². The molecule has 1 saturated heterocycles. The van der Waals surface area contributed by atoms with Crippen LogP contribution in [0.1, 0.15) is 51.5 Å². The zero-order chi connectivity index (χ0) is 26.9. The van der Waals surface area contributed by atoms with Crippen LogP contribution in [0.2, 0.25) is 0 Å². The van der Waals surface area contributed by atoms with Gasteiger partial charge in [0.25, 0.3) is 5.91 Å². The van der Waals surface area contributed by atoms with E-state index in [4.69, 9.17) is 9.47 Å². The lowest BCUT2D eigenvalue weighted by molar-refractivity contribution is -0.143. The third-order valence-electron chi connectivity index (χ3n) is 8.08. The Kier molecular flexibility index (Phi) is 7.52. The van der Waals surface area contributed by atoms with Gasteiger partial charge in [-0.15, -0.1) is 0 Å². The number of carbonyl (C=O) groups is 2. The largest absolute Gasteiger partial charge is 0.493 e. The van der Waals surface area contributed by atoms with E-state index in [0.717, 1.165) is 35.2 Å². The number of rotatable bonds is 9. The molecule has 1 amide bonds. The Labute approximate surface area is 222 Å². The fraction of sp³-hybridized carbons (Fsp3) is 0.500. The van der Waals surface area contributed by atoms with Crippen molar-refractivity contribution in [1.82, 2.24) is 4.90 Å². The van der Waals surface area contributed by atoms with E-state index in [-0.39, 0.29) is 23.6 Å². The molecule has 1 aliphatic carbocycles. The van der Waals surface area contributed by atoms with E-state index in [0.29, 0.717) is 63.6 Å². The second-order valence-electron chi connectivity index (χ2n) is 10.7. The number of aliphatic imine (C=N–C) groups is 1. The number of ether oxygens (including phenoxy) is 2. The van der Waals surface area contributed by atoms with Gasteiger partial charge in [0.05, 0.1) is 30.1 Å². The van der Waals surface area contributed by atoms with Crippen LogP contribution < -0.4 is 9.47 Å². The maximum Gasteiger partial charge on any atom is 0.306 e. The average Bonchev–Trinajstić information content (AvgIpc) is 3.22. The Balaban J connectivity index is 1.27. The van der Waals surface area contributed by atoms with Gasteiger partial charge < -0.3 is 14.6 Å². The van der Waals surface area contributed by atoms with Gasteiger partial charge in [-0.25, -0.2) is 9.38 Å². The monoisotopic (exact) mass is 522 g/mol. The molecule has 2 fully saturated rings. The van der Waals surface area contributed by atoms with E-state index in [1.165, 1.54) is 12.1 Å². The Bertz CT molecular complexity index is 1200. The van der Waals surface area contributed by atoms with Gasteiger partial charge in [0.2, 0.25) is 0 Å². The second kappa shape index (κ2) is 10.8. The van der Waals surface area contributed by atoms with Gasteiger partial charge in [0.15, 0.2) is 0 Å². The summed E-state index contributed by atoms with van der Waals surface area (Å²) >= 11 is 0. The smallest absolute Gasteiger partial charge is 0.306 e. The predicted molar refractivity (Wildman–Crippen MR) is 142 cm³/mol. The Morgan fingerprint density at radius 1 is 1.05 bits per heavy atom. The van der Waals surface area contributed by atoms with E-state index in [9.17, 15) is 19.1 Å². The number of likely N-dealkylation sites (tertiary alicyclic amines) is 1. The summed E-state index contributed by atoms with van der Waals surface area (Å²) in [6, 6.07) is 10.3.